The highest BCUT2D eigenvalue weighted by Crippen LogP contribution is 2.35. The number of halogens is 1. The van der Waals surface area contributed by atoms with Gasteiger partial charge in [0.05, 0.1) is 6.61 Å². The molecule has 1 aliphatic rings. The van der Waals surface area contributed by atoms with E-state index in [4.69, 9.17) is 25.8 Å². The lowest BCUT2D eigenvalue weighted by Crippen LogP contribution is -2.13. The molecule has 0 fully saturated rings. The number of hydrogen-bond acceptors (Lipinski definition) is 6. The largest absolute Gasteiger partial charge is 0.486 e. The molecular weight excluding hydrogens is 434 g/mol. The van der Waals surface area contributed by atoms with Gasteiger partial charge in [0.1, 0.15) is 18.1 Å². The lowest BCUT2D eigenvalue weighted by Gasteiger charge is -2.21. The van der Waals surface area contributed by atoms with Crippen molar-refractivity contribution in [1.29, 1.82) is 0 Å². The molecule has 0 N–H and O–H groups in total. The molecule has 0 unspecified atom stereocenters. The van der Waals surface area contributed by atoms with Crippen molar-refractivity contribution in [2.75, 3.05) is 6.79 Å². The number of hydrogen-bond donors (Lipinski definition) is 0. The lowest BCUT2D eigenvalue weighted by molar-refractivity contribution is -0.0168. The molecule has 3 aromatic rings. The van der Waals surface area contributed by atoms with Gasteiger partial charge in [-0.05, 0) is 36.6 Å². The van der Waals surface area contributed by atoms with Crippen LogP contribution in [0, 0.1) is 5.92 Å². The van der Waals surface area contributed by atoms with Crippen molar-refractivity contribution >= 4 is 23.4 Å². The van der Waals surface area contributed by atoms with Gasteiger partial charge in [-0.3, -0.25) is 0 Å². The number of benzene rings is 2. The van der Waals surface area contributed by atoms with Gasteiger partial charge in [-0.1, -0.05) is 55.4 Å². The van der Waals surface area contributed by atoms with Crippen molar-refractivity contribution in [3.63, 3.8) is 0 Å². The van der Waals surface area contributed by atoms with Crippen LogP contribution < -0.4 is 9.47 Å². The normalized spacial score (nSPS) is 13.2. The minimum Gasteiger partial charge on any atom is -0.486 e. The zero-order chi connectivity index (χ0) is 21.6. The van der Waals surface area contributed by atoms with E-state index in [1.165, 1.54) is 0 Å². The third-order valence-corrected chi connectivity index (χ3v) is 6.18. The van der Waals surface area contributed by atoms with E-state index in [-0.39, 0.29) is 6.79 Å². The second-order valence-electron chi connectivity index (χ2n) is 7.79. The molecule has 0 saturated heterocycles. The van der Waals surface area contributed by atoms with E-state index in [9.17, 15) is 0 Å². The third-order valence-electron chi connectivity index (χ3n) is 4.94. The Labute approximate surface area is 191 Å². The number of nitrogens with zero attached hydrogens (tertiary/aromatic N) is 3. The summed E-state index contributed by atoms with van der Waals surface area (Å²) in [6.07, 6.45) is 1.04. The predicted molar refractivity (Wildman–Crippen MR) is 122 cm³/mol. The third kappa shape index (κ3) is 5.73. The second kappa shape index (κ2) is 10.4. The van der Waals surface area contributed by atoms with Gasteiger partial charge in [-0.2, -0.15) is 0 Å². The molecule has 4 rings (SSSR count). The molecule has 0 amide bonds. The number of aromatic nitrogens is 3. The summed E-state index contributed by atoms with van der Waals surface area (Å²) in [5.74, 6) is 3.77. The van der Waals surface area contributed by atoms with Gasteiger partial charge in [-0.15, -0.1) is 10.2 Å². The van der Waals surface area contributed by atoms with E-state index in [0.29, 0.717) is 29.9 Å². The zero-order valence-corrected chi connectivity index (χ0v) is 19.3. The Kier molecular flexibility index (Phi) is 7.37. The first-order valence-electron chi connectivity index (χ1n) is 10.3. The smallest absolute Gasteiger partial charge is 0.191 e. The molecule has 1 aromatic heterocycles. The van der Waals surface area contributed by atoms with Gasteiger partial charge in [-0.25, -0.2) is 0 Å². The molecule has 0 aliphatic carbocycles. The van der Waals surface area contributed by atoms with E-state index in [1.807, 2.05) is 42.5 Å². The topological polar surface area (TPSA) is 58.4 Å². The fourth-order valence-electron chi connectivity index (χ4n) is 3.32. The number of ether oxygens (including phenoxy) is 3. The SMILES string of the molecule is CC(C)CCn1c(COc2ccccc2)nnc1SCc1cc(Cl)cc2c1OCOC2. The van der Waals surface area contributed by atoms with Crippen molar-refractivity contribution < 1.29 is 14.2 Å². The van der Waals surface area contributed by atoms with E-state index in [0.717, 1.165) is 46.6 Å². The first-order chi connectivity index (χ1) is 15.1. The highest BCUT2D eigenvalue weighted by Gasteiger charge is 2.19. The maximum absolute atomic E-state index is 6.31. The zero-order valence-electron chi connectivity index (χ0n) is 17.7. The quantitative estimate of drug-likeness (QED) is 0.381. The summed E-state index contributed by atoms with van der Waals surface area (Å²) in [6, 6.07) is 13.6. The highest BCUT2D eigenvalue weighted by molar-refractivity contribution is 7.98. The minimum atomic E-state index is 0.262. The Morgan fingerprint density at radius 1 is 1.19 bits per heavy atom. The molecule has 31 heavy (non-hydrogen) atoms. The average molecular weight is 460 g/mol. The molecule has 0 spiro atoms. The lowest BCUT2D eigenvalue weighted by atomic mass is 10.1. The van der Waals surface area contributed by atoms with E-state index in [2.05, 4.69) is 28.6 Å². The van der Waals surface area contributed by atoms with Crippen LogP contribution >= 0.6 is 23.4 Å². The summed E-state index contributed by atoms with van der Waals surface area (Å²) in [5.41, 5.74) is 2.02. The number of para-hydroxylation sites is 1. The second-order valence-corrected chi connectivity index (χ2v) is 9.17. The Balaban J connectivity index is 1.51. The average Bonchev–Trinajstić information content (AvgIpc) is 3.16. The molecule has 0 bridgehead atoms. The van der Waals surface area contributed by atoms with Gasteiger partial charge >= 0.3 is 0 Å². The molecule has 0 saturated carbocycles. The standard InChI is InChI=1S/C23H26ClN3O3S/c1-16(2)8-9-27-21(13-29-20-6-4-3-5-7-20)25-26-23(27)31-14-18-11-19(24)10-17-12-28-15-30-22(17)18/h3-7,10-11,16H,8-9,12-15H2,1-2H3. The minimum absolute atomic E-state index is 0.262. The van der Waals surface area contributed by atoms with Crippen LogP contribution in [0.15, 0.2) is 47.6 Å². The Morgan fingerprint density at radius 2 is 2.03 bits per heavy atom. The molecule has 8 heteroatoms. The summed E-state index contributed by atoms with van der Waals surface area (Å²) >= 11 is 7.94. The van der Waals surface area contributed by atoms with Gasteiger partial charge in [0.15, 0.2) is 17.8 Å². The van der Waals surface area contributed by atoms with Gasteiger partial charge < -0.3 is 18.8 Å². The van der Waals surface area contributed by atoms with Crippen molar-refractivity contribution in [1.82, 2.24) is 14.8 Å². The van der Waals surface area contributed by atoms with Crippen LogP contribution in [0.5, 0.6) is 11.5 Å². The number of fused-ring (bicyclic) bond motifs is 1. The van der Waals surface area contributed by atoms with Crippen molar-refractivity contribution in [3.8, 4) is 11.5 Å². The molecule has 0 atom stereocenters. The molecule has 6 nitrogen and oxygen atoms in total. The molecule has 0 radical (unpaired) electrons. The van der Waals surface area contributed by atoms with Crippen LogP contribution in [0.3, 0.4) is 0 Å². The fraction of sp³-hybridized carbons (Fsp3) is 0.391. The van der Waals surface area contributed by atoms with Crippen LogP contribution in [-0.4, -0.2) is 21.6 Å². The Hall–Kier alpha value is -2.22. The van der Waals surface area contributed by atoms with E-state index < -0.39 is 0 Å². The maximum Gasteiger partial charge on any atom is 0.191 e. The number of thioether (sulfide) groups is 1. The molecular formula is C23H26ClN3O3S. The predicted octanol–water partition coefficient (Wildman–Crippen LogP) is 5.72. The van der Waals surface area contributed by atoms with Crippen molar-refractivity contribution in [2.24, 2.45) is 5.92 Å². The first-order valence-corrected chi connectivity index (χ1v) is 11.7. The van der Waals surface area contributed by atoms with Crippen LogP contribution in [0.4, 0.5) is 0 Å². The van der Waals surface area contributed by atoms with Gasteiger partial charge in [0.2, 0.25) is 0 Å². The molecule has 2 heterocycles. The molecule has 1 aliphatic heterocycles. The van der Waals surface area contributed by atoms with Crippen molar-refractivity contribution in [2.45, 2.75) is 50.9 Å². The Bertz CT molecular complexity index is 1010. The van der Waals surface area contributed by atoms with Gasteiger partial charge in [0.25, 0.3) is 0 Å². The first kappa shape index (κ1) is 22.0. The molecule has 2 aromatic carbocycles. The maximum atomic E-state index is 6.31. The van der Waals surface area contributed by atoms with Crippen LogP contribution in [0.1, 0.15) is 37.2 Å². The van der Waals surface area contributed by atoms with Crippen LogP contribution in [0.25, 0.3) is 0 Å². The van der Waals surface area contributed by atoms with Crippen LogP contribution in [-0.2, 0) is 30.2 Å². The monoisotopic (exact) mass is 459 g/mol. The van der Waals surface area contributed by atoms with Crippen molar-refractivity contribution in [3.05, 3.63) is 64.4 Å². The molecule has 164 valence electrons. The summed E-state index contributed by atoms with van der Waals surface area (Å²) in [5, 5.41) is 10.4. The highest BCUT2D eigenvalue weighted by atomic mass is 35.5. The summed E-state index contributed by atoms with van der Waals surface area (Å²) < 4.78 is 19.2. The van der Waals surface area contributed by atoms with E-state index in [1.54, 1.807) is 11.8 Å². The number of rotatable bonds is 9. The fourth-order valence-corrected chi connectivity index (χ4v) is 4.53. The summed E-state index contributed by atoms with van der Waals surface area (Å²) in [4.78, 5) is 0. The Morgan fingerprint density at radius 3 is 2.84 bits per heavy atom. The van der Waals surface area contributed by atoms with Gasteiger partial charge in [0, 0.05) is 28.4 Å². The summed E-state index contributed by atoms with van der Waals surface area (Å²) in [6.45, 7) is 6.43. The summed E-state index contributed by atoms with van der Waals surface area (Å²) in [7, 11) is 0. The van der Waals surface area contributed by atoms with Crippen LogP contribution in [0.2, 0.25) is 5.02 Å². The van der Waals surface area contributed by atoms with E-state index >= 15 is 0 Å².